The molecule has 1 aromatic carbocycles. The van der Waals surface area contributed by atoms with E-state index in [4.69, 9.17) is 0 Å². The summed E-state index contributed by atoms with van der Waals surface area (Å²) >= 11 is 1.37. The Labute approximate surface area is 139 Å². The molecule has 1 amide bonds. The molecule has 1 atom stereocenters. The van der Waals surface area contributed by atoms with Crippen molar-refractivity contribution in [3.05, 3.63) is 51.5 Å². The van der Waals surface area contributed by atoms with Crippen LogP contribution in [0.2, 0.25) is 0 Å². The highest BCUT2D eigenvalue weighted by atomic mass is 32.2. The number of nitrogens with one attached hydrogen (secondary N) is 1. The molecule has 1 unspecified atom stereocenters. The van der Waals surface area contributed by atoms with Crippen molar-refractivity contribution >= 4 is 27.1 Å². The van der Waals surface area contributed by atoms with Crippen LogP contribution in [0.25, 0.3) is 0 Å². The normalized spacial score (nSPS) is 19.6. The van der Waals surface area contributed by atoms with E-state index in [1.54, 1.807) is 0 Å². The molecule has 1 fully saturated rings. The maximum atomic E-state index is 12.4. The summed E-state index contributed by atoms with van der Waals surface area (Å²) in [7, 11) is -3.00. The van der Waals surface area contributed by atoms with Gasteiger partial charge in [-0.05, 0) is 18.9 Å². The molecule has 0 saturated carbocycles. The standard InChI is InChI=1S/C16H18N2O3S2/c1-11-15(16(19)18-13-7-8-23(20,21)10-13)22-14(17-11)9-12-5-3-2-4-6-12/h2-6,13H,7-10H2,1H3,(H,18,19). The van der Waals surface area contributed by atoms with Gasteiger partial charge in [0.15, 0.2) is 9.84 Å². The third-order valence-corrected chi connectivity index (χ3v) is 6.74. The molecule has 23 heavy (non-hydrogen) atoms. The third kappa shape index (κ3) is 3.97. The Bertz CT molecular complexity index is 813. The number of hydrogen-bond acceptors (Lipinski definition) is 5. The van der Waals surface area contributed by atoms with Gasteiger partial charge in [-0.1, -0.05) is 30.3 Å². The van der Waals surface area contributed by atoms with Crippen LogP contribution in [-0.2, 0) is 16.3 Å². The van der Waals surface area contributed by atoms with Crippen LogP contribution >= 0.6 is 11.3 Å². The number of carbonyl (C=O) groups is 1. The van der Waals surface area contributed by atoms with E-state index in [9.17, 15) is 13.2 Å². The summed E-state index contributed by atoms with van der Waals surface area (Å²) in [4.78, 5) is 17.4. The van der Waals surface area contributed by atoms with Gasteiger partial charge in [0.05, 0.1) is 22.2 Å². The largest absolute Gasteiger partial charge is 0.347 e. The monoisotopic (exact) mass is 350 g/mol. The van der Waals surface area contributed by atoms with E-state index < -0.39 is 9.84 Å². The highest BCUT2D eigenvalue weighted by molar-refractivity contribution is 7.91. The molecule has 122 valence electrons. The molecule has 0 radical (unpaired) electrons. The van der Waals surface area contributed by atoms with Crippen LogP contribution < -0.4 is 5.32 Å². The summed E-state index contributed by atoms with van der Waals surface area (Å²) in [5.41, 5.74) is 1.84. The van der Waals surface area contributed by atoms with Crippen molar-refractivity contribution in [2.75, 3.05) is 11.5 Å². The molecule has 1 aliphatic rings. The second-order valence-corrected chi connectivity index (χ2v) is 9.07. The van der Waals surface area contributed by atoms with Crippen molar-refractivity contribution in [3.8, 4) is 0 Å². The Balaban J connectivity index is 1.69. The first-order chi connectivity index (χ1) is 10.9. The predicted molar refractivity (Wildman–Crippen MR) is 90.6 cm³/mol. The maximum absolute atomic E-state index is 12.4. The highest BCUT2D eigenvalue weighted by Crippen LogP contribution is 2.21. The van der Waals surface area contributed by atoms with Crippen molar-refractivity contribution in [1.29, 1.82) is 0 Å². The molecular formula is C16H18N2O3S2. The van der Waals surface area contributed by atoms with Crippen LogP contribution in [-0.4, -0.2) is 36.9 Å². The highest BCUT2D eigenvalue weighted by Gasteiger charge is 2.30. The van der Waals surface area contributed by atoms with E-state index in [2.05, 4.69) is 10.3 Å². The van der Waals surface area contributed by atoms with E-state index in [-0.39, 0.29) is 23.5 Å². The number of carbonyl (C=O) groups excluding carboxylic acids is 1. The molecular weight excluding hydrogens is 332 g/mol. The van der Waals surface area contributed by atoms with Crippen LogP contribution in [0, 0.1) is 6.92 Å². The predicted octanol–water partition coefficient (Wildman–Crippen LogP) is 1.96. The summed E-state index contributed by atoms with van der Waals surface area (Å²) in [5, 5.41) is 3.71. The van der Waals surface area contributed by atoms with Gasteiger partial charge < -0.3 is 5.32 Å². The van der Waals surface area contributed by atoms with E-state index in [0.29, 0.717) is 23.4 Å². The zero-order chi connectivity index (χ0) is 16.4. The summed E-state index contributed by atoms with van der Waals surface area (Å²) in [6, 6.07) is 9.69. The van der Waals surface area contributed by atoms with Gasteiger partial charge in [0.25, 0.3) is 5.91 Å². The SMILES string of the molecule is Cc1nc(Cc2ccccc2)sc1C(=O)NC1CCS(=O)(=O)C1. The van der Waals surface area contributed by atoms with Gasteiger partial charge in [-0.15, -0.1) is 11.3 Å². The van der Waals surface area contributed by atoms with Gasteiger partial charge in [0, 0.05) is 12.5 Å². The third-order valence-electron chi connectivity index (χ3n) is 3.81. The number of aryl methyl sites for hydroxylation is 1. The minimum atomic E-state index is -3.00. The van der Waals surface area contributed by atoms with Crippen molar-refractivity contribution < 1.29 is 13.2 Å². The van der Waals surface area contributed by atoms with E-state index in [1.165, 1.54) is 11.3 Å². The van der Waals surface area contributed by atoms with Gasteiger partial charge in [0.1, 0.15) is 4.88 Å². The number of aromatic nitrogens is 1. The molecule has 0 spiro atoms. The lowest BCUT2D eigenvalue weighted by Gasteiger charge is -2.09. The number of thiazole rings is 1. The number of benzene rings is 1. The molecule has 1 aromatic heterocycles. The van der Waals surface area contributed by atoms with Crippen molar-refractivity contribution in [1.82, 2.24) is 10.3 Å². The molecule has 1 saturated heterocycles. The lowest BCUT2D eigenvalue weighted by molar-refractivity contribution is 0.0944. The topological polar surface area (TPSA) is 76.1 Å². The fourth-order valence-corrected chi connectivity index (χ4v) is 5.34. The molecule has 1 aliphatic heterocycles. The molecule has 0 bridgehead atoms. The molecule has 2 heterocycles. The molecule has 0 aliphatic carbocycles. The first-order valence-electron chi connectivity index (χ1n) is 7.44. The first kappa shape index (κ1) is 16.1. The minimum absolute atomic E-state index is 0.0352. The maximum Gasteiger partial charge on any atom is 0.263 e. The number of amides is 1. The molecule has 7 heteroatoms. The Kier molecular flexibility index (Phi) is 4.50. The summed E-state index contributed by atoms with van der Waals surface area (Å²) in [5.74, 6) is -0.0341. The van der Waals surface area contributed by atoms with Gasteiger partial charge in [-0.25, -0.2) is 13.4 Å². The number of nitrogens with zero attached hydrogens (tertiary/aromatic N) is 1. The van der Waals surface area contributed by atoms with E-state index >= 15 is 0 Å². The van der Waals surface area contributed by atoms with E-state index in [0.717, 1.165) is 10.6 Å². The Morgan fingerprint density at radius 3 is 2.74 bits per heavy atom. The van der Waals surface area contributed by atoms with Crippen molar-refractivity contribution in [2.24, 2.45) is 0 Å². The number of sulfone groups is 1. The van der Waals surface area contributed by atoms with Gasteiger partial charge >= 0.3 is 0 Å². The Morgan fingerprint density at radius 2 is 2.09 bits per heavy atom. The van der Waals surface area contributed by atoms with Crippen molar-refractivity contribution in [3.63, 3.8) is 0 Å². The first-order valence-corrected chi connectivity index (χ1v) is 10.1. The minimum Gasteiger partial charge on any atom is -0.347 e. The second-order valence-electron chi connectivity index (χ2n) is 5.76. The molecule has 2 aromatic rings. The average molecular weight is 350 g/mol. The quantitative estimate of drug-likeness (QED) is 0.914. The zero-order valence-electron chi connectivity index (χ0n) is 12.8. The smallest absolute Gasteiger partial charge is 0.263 e. The molecule has 1 N–H and O–H groups in total. The fourth-order valence-electron chi connectivity index (χ4n) is 2.67. The summed E-state index contributed by atoms with van der Waals surface area (Å²) in [6.45, 7) is 1.81. The fraction of sp³-hybridized carbons (Fsp3) is 0.375. The van der Waals surface area contributed by atoms with Gasteiger partial charge in [-0.3, -0.25) is 4.79 Å². The Hall–Kier alpha value is -1.73. The average Bonchev–Trinajstić information content (AvgIpc) is 3.02. The van der Waals surface area contributed by atoms with Crippen LogP contribution in [0.5, 0.6) is 0 Å². The lowest BCUT2D eigenvalue weighted by atomic mass is 10.2. The van der Waals surface area contributed by atoms with Crippen LogP contribution in [0.3, 0.4) is 0 Å². The summed E-state index contributed by atoms with van der Waals surface area (Å²) in [6.07, 6.45) is 1.18. The zero-order valence-corrected chi connectivity index (χ0v) is 14.4. The summed E-state index contributed by atoms with van der Waals surface area (Å²) < 4.78 is 22.9. The number of rotatable bonds is 4. The van der Waals surface area contributed by atoms with Gasteiger partial charge in [-0.2, -0.15) is 0 Å². The van der Waals surface area contributed by atoms with E-state index in [1.807, 2.05) is 37.3 Å². The van der Waals surface area contributed by atoms with Crippen LogP contribution in [0.15, 0.2) is 30.3 Å². The van der Waals surface area contributed by atoms with Crippen LogP contribution in [0.4, 0.5) is 0 Å². The molecule has 5 nitrogen and oxygen atoms in total. The Morgan fingerprint density at radius 1 is 1.35 bits per heavy atom. The number of hydrogen-bond donors (Lipinski definition) is 1. The molecule has 3 rings (SSSR count). The van der Waals surface area contributed by atoms with Gasteiger partial charge in [0.2, 0.25) is 0 Å². The lowest BCUT2D eigenvalue weighted by Crippen LogP contribution is -2.35. The van der Waals surface area contributed by atoms with Crippen LogP contribution in [0.1, 0.15) is 32.4 Å². The second kappa shape index (κ2) is 6.41. The van der Waals surface area contributed by atoms with Crippen molar-refractivity contribution in [2.45, 2.75) is 25.8 Å².